The first-order chi connectivity index (χ1) is 19.3. The van der Waals surface area contributed by atoms with E-state index in [1.807, 2.05) is 5.57 Å². The van der Waals surface area contributed by atoms with Crippen molar-refractivity contribution in [3.8, 4) is 0 Å². The molecule has 0 saturated heterocycles. The lowest BCUT2D eigenvalue weighted by atomic mass is 9.43. The Kier molecular flexibility index (Phi) is 7.89. The normalized spacial score (nSPS) is 36.3. The van der Waals surface area contributed by atoms with Crippen LogP contribution in [0, 0.1) is 46.0 Å². The first-order valence-electron chi connectivity index (χ1n) is 16.3. The maximum atomic E-state index is 13.1. The highest BCUT2D eigenvalue weighted by Crippen LogP contribution is 2.72. The molecular weight excluding hydrogens is 502 g/mol. The molecule has 0 heterocycles. The third-order valence-corrected chi connectivity index (χ3v) is 13.1. The monoisotopic (exact) mass is 555 g/mol. The van der Waals surface area contributed by atoms with Gasteiger partial charge in [0.15, 0.2) is 5.69 Å². The molecule has 3 nitrogen and oxygen atoms in total. The summed E-state index contributed by atoms with van der Waals surface area (Å²) >= 11 is 0. The summed E-state index contributed by atoms with van der Waals surface area (Å²) in [5.74, 6) is 1.84. The zero-order valence-corrected chi connectivity index (χ0v) is 27.0. The van der Waals surface area contributed by atoms with E-state index in [2.05, 4.69) is 66.3 Å². The van der Waals surface area contributed by atoms with Crippen LogP contribution in [-0.2, 0) is 4.74 Å². The van der Waals surface area contributed by atoms with E-state index in [4.69, 9.17) is 11.3 Å². The van der Waals surface area contributed by atoms with Crippen molar-refractivity contribution in [2.24, 2.45) is 39.4 Å². The molecule has 0 spiro atoms. The highest BCUT2D eigenvalue weighted by atomic mass is 16.5. The number of hydrogen-bond acceptors (Lipinski definition) is 2. The molecule has 0 bridgehead atoms. The van der Waals surface area contributed by atoms with Crippen molar-refractivity contribution in [2.45, 2.75) is 126 Å². The second-order valence-corrected chi connectivity index (χ2v) is 15.6. The molecule has 1 aromatic carbocycles. The molecule has 2 fully saturated rings. The van der Waals surface area contributed by atoms with Crippen LogP contribution in [0.25, 0.3) is 4.85 Å². The van der Waals surface area contributed by atoms with E-state index in [-0.39, 0.29) is 22.9 Å². The van der Waals surface area contributed by atoms with Gasteiger partial charge < -0.3 is 4.74 Å². The van der Waals surface area contributed by atoms with Gasteiger partial charge in [0.05, 0.1) is 12.1 Å². The topological polar surface area (TPSA) is 30.7 Å². The Morgan fingerprint density at radius 1 is 1.00 bits per heavy atom. The SMILES string of the molecule is [C-]#[N+]c1ccc(C(=O)O[C@H]2CC[C@]3(C)C4=C(CCC3C2(C)C)[C@]2(C)CC[C@H]([C@H](C)CCC=C(C)C)[C@@]2(C)CC4)cc1. The number of ether oxygens (including phenoxy) is 1. The van der Waals surface area contributed by atoms with Crippen molar-refractivity contribution >= 4 is 11.7 Å². The third-order valence-electron chi connectivity index (χ3n) is 13.1. The molecule has 4 aliphatic carbocycles. The van der Waals surface area contributed by atoms with Crippen LogP contribution < -0.4 is 0 Å². The van der Waals surface area contributed by atoms with Gasteiger partial charge in [0.25, 0.3) is 0 Å². The Morgan fingerprint density at radius 2 is 1.71 bits per heavy atom. The Labute approximate surface area is 250 Å². The van der Waals surface area contributed by atoms with E-state index in [1.54, 1.807) is 29.8 Å². The van der Waals surface area contributed by atoms with E-state index < -0.39 is 0 Å². The Hall–Kier alpha value is -2.34. The molecule has 0 aliphatic heterocycles. The van der Waals surface area contributed by atoms with Gasteiger partial charge in [-0.25, -0.2) is 9.64 Å². The number of rotatable bonds is 6. The van der Waals surface area contributed by atoms with Crippen molar-refractivity contribution in [3.05, 3.63) is 64.0 Å². The molecule has 3 heteroatoms. The molecule has 1 aromatic rings. The fourth-order valence-corrected chi connectivity index (χ4v) is 10.5. The minimum Gasteiger partial charge on any atom is -0.458 e. The molecule has 1 unspecified atom stereocenters. The van der Waals surface area contributed by atoms with Crippen LogP contribution >= 0.6 is 0 Å². The van der Waals surface area contributed by atoms with Crippen LogP contribution in [0.4, 0.5) is 5.69 Å². The molecule has 0 amide bonds. The largest absolute Gasteiger partial charge is 0.458 e. The van der Waals surface area contributed by atoms with Gasteiger partial charge in [-0.2, -0.15) is 0 Å². The van der Waals surface area contributed by atoms with Crippen LogP contribution in [0.2, 0.25) is 0 Å². The number of carbonyl (C=O) groups is 1. The summed E-state index contributed by atoms with van der Waals surface area (Å²) in [6, 6.07) is 6.86. The Balaban J connectivity index is 1.37. The van der Waals surface area contributed by atoms with Gasteiger partial charge >= 0.3 is 5.97 Å². The molecule has 7 atom stereocenters. The maximum Gasteiger partial charge on any atom is 0.338 e. The first kappa shape index (κ1) is 30.1. The predicted molar refractivity (Wildman–Crippen MR) is 169 cm³/mol. The second-order valence-electron chi connectivity index (χ2n) is 15.6. The van der Waals surface area contributed by atoms with Crippen molar-refractivity contribution in [2.75, 3.05) is 0 Å². The lowest BCUT2D eigenvalue weighted by molar-refractivity contribution is -0.104. The second kappa shape index (κ2) is 10.7. The smallest absolute Gasteiger partial charge is 0.338 e. The number of allylic oxidation sites excluding steroid dienone is 4. The van der Waals surface area contributed by atoms with Crippen LogP contribution in [0.3, 0.4) is 0 Å². The van der Waals surface area contributed by atoms with Gasteiger partial charge in [0, 0.05) is 5.41 Å². The summed E-state index contributed by atoms with van der Waals surface area (Å²) in [4.78, 5) is 16.6. The lowest BCUT2D eigenvalue weighted by Gasteiger charge is -2.62. The van der Waals surface area contributed by atoms with Crippen LogP contribution in [0.5, 0.6) is 0 Å². The highest BCUT2D eigenvalue weighted by molar-refractivity contribution is 5.90. The van der Waals surface area contributed by atoms with Crippen molar-refractivity contribution < 1.29 is 9.53 Å². The zero-order chi connectivity index (χ0) is 29.8. The molecular formula is C38H53NO2. The minimum atomic E-state index is -0.254. The van der Waals surface area contributed by atoms with E-state index in [0.717, 1.165) is 24.7 Å². The fourth-order valence-electron chi connectivity index (χ4n) is 10.5. The molecule has 2 saturated carbocycles. The summed E-state index contributed by atoms with van der Waals surface area (Å²) in [7, 11) is 0. The Bertz CT molecular complexity index is 1270. The fraction of sp³-hybridized carbons (Fsp3) is 0.684. The maximum absolute atomic E-state index is 13.1. The molecule has 222 valence electrons. The predicted octanol–water partition coefficient (Wildman–Crippen LogP) is 10.9. The van der Waals surface area contributed by atoms with Crippen LogP contribution in [-0.4, -0.2) is 12.1 Å². The molecule has 0 radical (unpaired) electrons. The van der Waals surface area contributed by atoms with Crippen molar-refractivity contribution in [1.29, 1.82) is 0 Å². The molecule has 0 N–H and O–H groups in total. The number of benzene rings is 1. The summed E-state index contributed by atoms with van der Waals surface area (Å²) < 4.78 is 6.25. The number of esters is 1. The minimum absolute atomic E-state index is 0.0854. The quantitative estimate of drug-likeness (QED) is 0.198. The molecule has 0 aromatic heterocycles. The highest BCUT2D eigenvalue weighted by Gasteiger charge is 2.63. The number of hydrogen-bond donors (Lipinski definition) is 0. The van der Waals surface area contributed by atoms with E-state index in [0.29, 0.717) is 28.0 Å². The number of carbonyl (C=O) groups excluding carboxylic acids is 1. The number of nitrogens with zero attached hydrogens (tertiary/aromatic N) is 1. The summed E-state index contributed by atoms with van der Waals surface area (Å²) in [5.41, 5.74) is 6.96. The standard InChI is InChI=1S/C38H53NO2/c1-25(2)11-10-12-26(3)29-19-23-38(8)31-17-18-32-35(4,5)33(41-34(40)27-13-15-28(39-9)16-14-27)21-22-36(32,6)30(31)20-24-37(29,38)7/h11,13-16,26,29,32-33H,10,12,17-24H2,1-8H3/t26-,29-,32?,33+,36-,37-,38+/m1/s1. The lowest BCUT2D eigenvalue weighted by Crippen LogP contribution is -2.55. The van der Waals surface area contributed by atoms with Gasteiger partial charge in [-0.1, -0.05) is 88.6 Å². The van der Waals surface area contributed by atoms with Gasteiger partial charge in [0.2, 0.25) is 0 Å². The zero-order valence-electron chi connectivity index (χ0n) is 27.0. The van der Waals surface area contributed by atoms with Gasteiger partial charge in [-0.15, -0.1) is 0 Å². The summed E-state index contributed by atoms with van der Waals surface area (Å²) in [5, 5.41) is 0. The summed E-state index contributed by atoms with van der Waals surface area (Å²) in [6.07, 6.45) is 14.6. The van der Waals surface area contributed by atoms with Gasteiger partial charge in [-0.3, -0.25) is 0 Å². The van der Waals surface area contributed by atoms with Crippen LogP contribution in [0.15, 0.2) is 47.1 Å². The Morgan fingerprint density at radius 3 is 2.37 bits per heavy atom. The first-order valence-corrected chi connectivity index (χ1v) is 16.3. The molecule has 4 aliphatic rings. The summed E-state index contributed by atoms with van der Waals surface area (Å²) in [6.45, 7) is 26.7. The van der Waals surface area contributed by atoms with Gasteiger partial charge in [-0.05, 0) is 112 Å². The van der Waals surface area contributed by atoms with Crippen LogP contribution in [0.1, 0.15) is 130 Å². The van der Waals surface area contributed by atoms with Crippen molar-refractivity contribution in [3.63, 3.8) is 0 Å². The average Bonchev–Trinajstić information content (AvgIpc) is 3.21. The van der Waals surface area contributed by atoms with Gasteiger partial charge in [0.1, 0.15) is 6.10 Å². The van der Waals surface area contributed by atoms with E-state index >= 15 is 0 Å². The molecule has 5 rings (SSSR count). The number of fused-ring (bicyclic) bond motifs is 4. The molecule has 41 heavy (non-hydrogen) atoms. The average molecular weight is 556 g/mol. The third kappa shape index (κ3) is 4.82. The van der Waals surface area contributed by atoms with E-state index in [1.165, 1.54) is 56.9 Å². The van der Waals surface area contributed by atoms with E-state index in [9.17, 15) is 4.79 Å². The van der Waals surface area contributed by atoms with Crippen molar-refractivity contribution in [1.82, 2.24) is 0 Å².